The van der Waals surface area contributed by atoms with Gasteiger partial charge in [0, 0.05) is 24.9 Å². The Morgan fingerprint density at radius 1 is 1.48 bits per heavy atom. The Labute approximate surface area is 126 Å². The Balaban J connectivity index is 1.83. The average Bonchev–Trinajstić information content (AvgIpc) is 2.45. The lowest BCUT2D eigenvalue weighted by Crippen LogP contribution is -2.46. The Morgan fingerprint density at radius 3 is 2.95 bits per heavy atom. The number of hydrogen-bond acceptors (Lipinski definition) is 4. The molecule has 0 aromatic carbocycles. The van der Waals surface area contributed by atoms with Gasteiger partial charge in [-0.3, -0.25) is 4.98 Å². The summed E-state index contributed by atoms with van der Waals surface area (Å²) in [4.78, 5) is 4.11. The molecule has 6 heteroatoms. The van der Waals surface area contributed by atoms with Crippen molar-refractivity contribution in [3.05, 3.63) is 30.1 Å². The van der Waals surface area contributed by atoms with Crippen molar-refractivity contribution in [3.63, 3.8) is 0 Å². The van der Waals surface area contributed by atoms with Crippen molar-refractivity contribution in [2.75, 3.05) is 12.3 Å². The second-order valence-electron chi connectivity index (χ2n) is 6.14. The number of hydrogen-bond donors (Lipinski definition) is 2. The van der Waals surface area contributed by atoms with Gasteiger partial charge in [0.05, 0.1) is 11.4 Å². The first kappa shape index (κ1) is 16.4. The Hall–Kier alpha value is -0.980. The van der Waals surface area contributed by atoms with Crippen LogP contribution < -0.4 is 4.72 Å². The third-order valence-electron chi connectivity index (χ3n) is 4.04. The molecular formula is C15H24N2O3S. The highest BCUT2D eigenvalue weighted by Crippen LogP contribution is 2.31. The van der Waals surface area contributed by atoms with Crippen LogP contribution in [0.3, 0.4) is 0 Å². The zero-order valence-corrected chi connectivity index (χ0v) is 13.3. The molecule has 0 saturated heterocycles. The molecule has 2 unspecified atom stereocenters. The summed E-state index contributed by atoms with van der Waals surface area (Å²) < 4.78 is 26.6. The van der Waals surface area contributed by atoms with Gasteiger partial charge in [-0.15, -0.1) is 0 Å². The van der Waals surface area contributed by atoms with Crippen LogP contribution in [0.25, 0.3) is 0 Å². The number of pyridine rings is 1. The lowest BCUT2D eigenvalue weighted by atomic mass is 9.79. The molecule has 2 N–H and O–H groups in total. The van der Waals surface area contributed by atoms with Gasteiger partial charge in [-0.2, -0.15) is 0 Å². The van der Waals surface area contributed by atoms with Crippen LogP contribution in [0.1, 0.15) is 38.3 Å². The lowest BCUT2D eigenvalue weighted by molar-refractivity contribution is -0.00751. The molecular weight excluding hydrogens is 288 g/mol. The van der Waals surface area contributed by atoms with Gasteiger partial charge in [0.25, 0.3) is 0 Å². The van der Waals surface area contributed by atoms with Crippen molar-refractivity contribution < 1.29 is 13.5 Å². The summed E-state index contributed by atoms with van der Waals surface area (Å²) in [5.74, 6) is 0.442. The SMILES string of the molecule is CC1CCCC(O)(CNS(=O)(=O)CCc2ccccn2)C1. The van der Waals surface area contributed by atoms with Crippen molar-refractivity contribution in [2.45, 2.75) is 44.6 Å². The fourth-order valence-corrected chi connectivity index (χ4v) is 4.01. The van der Waals surface area contributed by atoms with Crippen LogP contribution in [-0.2, 0) is 16.4 Å². The molecule has 1 saturated carbocycles. The monoisotopic (exact) mass is 312 g/mol. The first-order chi connectivity index (χ1) is 9.89. The van der Waals surface area contributed by atoms with E-state index < -0.39 is 15.6 Å². The third kappa shape index (κ3) is 5.37. The quantitative estimate of drug-likeness (QED) is 0.834. The number of rotatable bonds is 6. The number of nitrogens with zero attached hydrogens (tertiary/aromatic N) is 1. The minimum absolute atomic E-state index is 0.00432. The molecule has 0 spiro atoms. The van der Waals surface area contributed by atoms with E-state index in [4.69, 9.17) is 0 Å². The van der Waals surface area contributed by atoms with E-state index in [0.717, 1.165) is 18.5 Å². The number of aromatic nitrogens is 1. The minimum atomic E-state index is -3.38. The van der Waals surface area contributed by atoms with Crippen molar-refractivity contribution in [3.8, 4) is 0 Å². The van der Waals surface area contributed by atoms with Crippen LogP contribution in [0.5, 0.6) is 0 Å². The normalized spacial score (nSPS) is 26.7. The summed E-state index contributed by atoms with van der Waals surface area (Å²) in [6.07, 6.45) is 5.42. The van der Waals surface area contributed by atoms with E-state index in [1.165, 1.54) is 0 Å². The molecule has 1 aliphatic rings. The van der Waals surface area contributed by atoms with Gasteiger partial charge in [0.1, 0.15) is 0 Å². The molecule has 2 atom stereocenters. The van der Waals surface area contributed by atoms with Gasteiger partial charge < -0.3 is 5.11 Å². The molecule has 0 amide bonds. The Morgan fingerprint density at radius 2 is 2.29 bits per heavy atom. The topological polar surface area (TPSA) is 79.3 Å². The van der Waals surface area contributed by atoms with E-state index in [2.05, 4.69) is 16.6 Å². The predicted molar refractivity (Wildman–Crippen MR) is 82.3 cm³/mol. The summed E-state index contributed by atoms with van der Waals surface area (Å²) in [5, 5.41) is 10.5. The number of aliphatic hydroxyl groups is 1. The Kier molecular flexibility index (Phi) is 5.35. The number of sulfonamides is 1. The van der Waals surface area contributed by atoms with E-state index in [1.54, 1.807) is 12.3 Å². The second kappa shape index (κ2) is 6.85. The summed E-state index contributed by atoms with van der Waals surface area (Å²) in [5.41, 5.74) is -0.136. The highest BCUT2D eigenvalue weighted by atomic mass is 32.2. The summed E-state index contributed by atoms with van der Waals surface area (Å²) in [7, 11) is -3.38. The highest BCUT2D eigenvalue weighted by molar-refractivity contribution is 7.89. The number of aryl methyl sites for hydroxylation is 1. The lowest BCUT2D eigenvalue weighted by Gasteiger charge is -2.35. The molecule has 1 aromatic heterocycles. The molecule has 1 heterocycles. The predicted octanol–water partition coefficient (Wildman–Crippen LogP) is 1.48. The van der Waals surface area contributed by atoms with Gasteiger partial charge in [-0.05, 0) is 30.9 Å². The summed E-state index contributed by atoms with van der Waals surface area (Å²) >= 11 is 0. The highest BCUT2D eigenvalue weighted by Gasteiger charge is 2.33. The van der Waals surface area contributed by atoms with Gasteiger partial charge >= 0.3 is 0 Å². The molecule has 1 aliphatic carbocycles. The fourth-order valence-electron chi connectivity index (χ4n) is 2.89. The van der Waals surface area contributed by atoms with E-state index in [9.17, 15) is 13.5 Å². The maximum absolute atomic E-state index is 12.0. The van der Waals surface area contributed by atoms with Gasteiger partial charge in [0.15, 0.2) is 0 Å². The van der Waals surface area contributed by atoms with Crippen LogP contribution >= 0.6 is 0 Å². The standard InChI is InChI=1S/C15H24N2O3S/c1-13-5-4-8-15(18,11-13)12-17-21(19,20)10-7-14-6-2-3-9-16-14/h2-3,6,9,13,17-18H,4-5,7-8,10-12H2,1H3. The first-order valence-electron chi connectivity index (χ1n) is 7.48. The van der Waals surface area contributed by atoms with Crippen molar-refractivity contribution >= 4 is 10.0 Å². The minimum Gasteiger partial charge on any atom is -0.389 e. The average molecular weight is 312 g/mol. The summed E-state index contributed by atoms with van der Waals surface area (Å²) in [6.45, 7) is 2.21. The third-order valence-corrected chi connectivity index (χ3v) is 5.37. The van der Waals surface area contributed by atoms with Crippen LogP contribution in [0.15, 0.2) is 24.4 Å². The largest absolute Gasteiger partial charge is 0.389 e. The Bertz CT molecular complexity index is 547. The maximum atomic E-state index is 12.0. The maximum Gasteiger partial charge on any atom is 0.212 e. The van der Waals surface area contributed by atoms with Crippen LogP contribution in [0.2, 0.25) is 0 Å². The van der Waals surface area contributed by atoms with E-state index >= 15 is 0 Å². The molecule has 0 aliphatic heterocycles. The zero-order chi connectivity index (χ0) is 15.3. The molecule has 5 nitrogen and oxygen atoms in total. The van der Waals surface area contributed by atoms with Crippen LogP contribution in [0, 0.1) is 5.92 Å². The molecule has 1 fully saturated rings. The zero-order valence-electron chi connectivity index (χ0n) is 12.5. The van der Waals surface area contributed by atoms with Gasteiger partial charge in [-0.1, -0.05) is 25.8 Å². The molecule has 2 rings (SSSR count). The molecule has 21 heavy (non-hydrogen) atoms. The fraction of sp³-hybridized carbons (Fsp3) is 0.667. The van der Waals surface area contributed by atoms with Crippen molar-refractivity contribution in [1.82, 2.24) is 9.71 Å². The van der Waals surface area contributed by atoms with Crippen molar-refractivity contribution in [2.24, 2.45) is 5.92 Å². The smallest absolute Gasteiger partial charge is 0.212 e. The molecule has 0 bridgehead atoms. The molecule has 0 radical (unpaired) electrons. The van der Waals surface area contributed by atoms with Gasteiger partial charge in [-0.25, -0.2) is 13.1 Å². The molecule has 118 valence electrons. The van der Waals surface area contributed by atoms with Gasteiger partial charge in [0.2, 0.25) is 10.0 Å². The molecule has 1 aromatic rings. The van der Waals surface area contributed by atoms with Crippen molar-refractivity contribution in [1.29, 1.82) is 0 Å². The number of nitrogens with one attached hydrogen (secondary N) is 1. The van der Waals surface area contributed by atoms with Crippen LogP contribution in [-0.4, -0.2) is 36.4 Å². The van der Waals surface area contributed by atoms with Crippen LogP contribution in [0.4, 0.5) is 0 Å². The van der Waals surface area contributed by atoms with E-state index in [-0.39, 0.29) is 12.3 Å². The van der Waals surface area contributed by atoms with E-state index in [0.29, 0.717) is 25.2 Å². The second-order valence-corrected chi connectivity index (χ2v) is 8.06. The summed E-state index contributed by atoms with van der Waals surface area (Å²) in [6, 6.07) is 5.45. The van der Waals surface area contributed by atoms with E-state index in [1.807, 2.05) is 12.1 Å². The first-order valence-corrected chi connectivity index (χ1v) is 9.13.